The summed E-state index contributed by atoms with van der Waals surface area (Å²) in [5.41, 5.74) is 1.81. The fourth-order valence-electron chi connectivity index (χ4n) is 2.80. The first kappa shape index (κ1) is 17.2. The molecule has 0 spiro atoms. The third kappa shape index (κ3) is 3.56. The van der Waals surface area contributed by atoms with Crippen molar-refractivity contribution < 1.29 is 13.2 Å². The van der Waals surface area contributed by atoms with E-state index >= 15 is 0 Å². The standard InChI is InChI=1S/C20H19NO3S/c1-14-7-5-10-17(13-14)15(2)20(22)21-25(23,24)19-12-6-9-16-8-3-4-11-18(16)19/h3-13,15H,1-2H3,(H,21,22). The molecule has 128 valence electrons. The van der Waals surface area contributed by atoms with E-state index in [0.29, 0.717) is 5.39 Å². The van der Waals surface area contributed by atoms with Crippen LogP contribution in [0.15, 0.2) is 71.6 Å². The number of sulfonamides is 1. The maximum Gasteiger partial charge on any atom is 0.264 e. The Kier molecular flexibility index (Phi) is 4.59. The van der Waals surface area contributed by atoms with Gasteiger partial charge in [0.25, 0.3) is 10.0 Å². The van der Waals surface area contributed by atoms with Gasteiger partial charge in [-0.2, -0.15) is 0 Å². The molecule has 1 N–H and O–H groups in total. The van der Waals surface area contributed by atoms with Crippen LogP contribution in [-0.4, -0.2) is 14.3 Å². The average Bonchev–Trinajstić information content (AvgIpc) is 2.60. The van der Waals surface area contributed by atoms with Crippen molar-refractivity contribution in [2.75, 3.05) is 0 Å². The van der Waals surface area contributed by atoms with E-state index in [1.54, 1.807) is 25.1 Å². The van der Waals surface area contributed by atoms with Gasteiger partial charge in [-0.05, 0) is 30.9 Å². The Bertz CT molecular complexity index is 1040. The summed E-state index contributed by atoms with van der Waals surface area (Å²) in [6.07, 6.45) is 0. The summed E-state index contributed by atoms with van der Waals surface area (Å²) < 4.78 is 27.7. The molecule has 3 rings (SSSR count). The van der Waals surface area contributed by atoms with Crippen molar-refractivity contribution in [1.82, 2.24) is 4.72 Å². The van der Waals surface area contributed by atoms with Gasteiger partial charge in [0.1, 0.15) is 0 Å². The number of hydrogen-bond acceptors (Lipinski definition) is 3. The molecule has 0 fully saturated rings. The minimum Gasteiger partial charge on any atom is -0.273 e. The van der Waals surface area contributed by atoms with E-state index in [2.05, 4.69) is 4.72 Å². The van der Waals surface area contributed by atoms with Crippen molar-refractivity contribution in [2.45, 2.75) is 24.7 Å². The molecule has 5 heteroatoms. The molecule has 0 bridgehead atoms. The molecule has 0 aromatic heterocycles. The first-order chi connectivity index (χ1) is 11.9. The van der Waals surface area contributed by atoms with Crippen LogP contribution in [0, 0.1) is 6.92 Å². The molecule has 1 atom stereocenters. The smallest absolute Gasteiger partial charge is 0.264 e. The maximum absolute atomic E-state index is 12.7. The summed E-state index contributed by atoms with van der Waals surface area (Å²) in [7, 11) is -3.95. The molecule has 25 heavy (non-hydrogen) atoms. The van der Waals surface area contributed by atoms with E-state index in [0.717, 1.165) is 16.5 Å². The molecular weight excluding hydrogens is 334 g/mol. The predicted molar refractivity (Wildman–Crippen MR) is 98.9 cm³/mol. The lowest BCUT2D eigenvalue weighted by Crippen LogP contribution is -2.33. The summed E-state index contributed by atoms with van der Waals surface area (Å²) in [5, 5.41) is 1.40. The zero-order valence-electron chi connectivity index (χ0n) is 14.1. The highest BCUT2D eigenvalue weighted by Crippen LogP contribution is 2.23. The maximum atomic E-state index is 12.7. The molecule has 0 heterocycles. The molecule has 4 nitrogen and oxygen atoms in total. The number of carbonyl (C=O) groups is 1. The van der Waals surface area contributed by atoms with Crippen LogP contribution >= 0.6 is 0 Å². The summed E-state index contributed by atoms with van der Waals surface area (Å²) in [6.45, 7) is 3.63. The normalized spacial score (nSPS) is 12.7. The second kappa shape index (κ2) is 6.69. The number of nitrogens with one attached hydrogen (secondary N) is 1. The van der Waals surface area contributed by atoms with Gasteiger partial charge in [0.15, 0.2) is 0 Å². The topological polar surface area (TPSA) is 63.2 Å². The van der Waals surface area contributed by atoms with Crippen molar-refractivity contribution in [3.63, 3.8) is 0 Å². The van der Waals surface area contributed by atoms with Crippen LogP contribution < -0.4 is 4.72 Å². The van der Waals surface area contributed by atoms with E-state index in [9.17, 15) is 13.2 Å². The Balaban J connectivity index is 1.92. The summed E-state index contributed by atoms with van der Waals surface area (Å²) in [6, 6.07) is 19.7. The highest BCUT2D eigenvalue weighted by Gasteiger charge is 2.24. The zero-order valence-corrected chi connectivity index (χ0v) is 14.9. The van der Waals surface area contributed by atoms with E-state index in [1.165, 1.54) is 6.07 Å². The largest absolute Gasteiger partial charge is 0.273 e. The predicted octanol–water partition coefficient (Wildman–Crippen LogP) is 3.76. The van der Waals surface area contributed by atoms with Crippen molar-refractivity contribution >= 4 is 26.7 Å². The minimum absolute atomic E-state index is 0.107. The third-order valence-corrected chi connectivity index (χ3v) is 5.61. The number of benzene rings is 3. The highest BCUT2D eigenvalue weighted by atomic mass is 32.2. The van der Waals surface area contributed by atoms with E-state index in [1.807, 2.05) is 49.4 Å². The lowest BCUT2D eigenvalue weighted by atomic mass is 9.99. The van der Waals surface area contributed by atoms with Gasteiger partial charge in [-0.15, -0.1) is 0 Å². The SMILES string of the molecule is Cc1cccc(C(C)C(=O)NS(=O)(=O)c2cccc3ccccc23)c1. The third-order valence-electron chi connectivity index (χ3n) is 4.21. The van der Waals surface area contributed by atoms with Crippen molar-refractivity contribution in [3.05, 3.63) is 77.9 Å². The van der Waals surface area contributed by atoms with Gasteiger partial charge in [0, 0.05) is 5.39 Å². The van der Waals surface area contributed by atoms with E-state index in [-0.39, 0.29) is 4.90 Å². The number of fused-ring (bicyclic) bond motifs is 1. The molecule has 1 unspecified atom stereocenters. The summed E-state index contributed by atoms with van der Waals surface area (Å²) in [4.78, 5) is 12.6. The fraction of sp³-hybridized carbons (Fsp3) is 0.150. The molecule has 3 aromatic carbocycles. The van der Waals surface area contributed by atoms with Crippen LogP contribution in [-0.2, 0) is 14.8 Å². The van der Waals surface area contributed by atoms with Crippen LogP contribution in [0.4, 0.5) is 0 Å². The minimum atomic E-state index is -3.95. The Morgan fingerprint density at radius 3 is 2.40 bits per heavy atom. The molecule has 0 radical (unpaired) electrons. The van der Waals surface area contributed by atoms with Gasteiger partial charge >= 0.3 is 0 Å². The molecule has 0 aliphatic heterocycles. The Hall–Kier alpha value is -2.66. The second-order valence-corrected chi connectivity index (χ2v) is 7.73. The second-order valence-electron chi connectivity index (χ2n) is 6.08. The molecule has 3 aromatic rings. The van der Waals surface area contributed by atoms with Crippen molar-refractivity contribution in [2.24, 2.45) is 0 Å². The van der Waals surface area contributed by atoms with Crippen LogP contribution in [0.1, 0.15) is 24.0 Å². The number of rotatable bonds is 4. The lowest BCUT2D eigenvalue weighted by molar-refractivity contribution is -0.120. The Morgan fingerprint density at radius 2 is 1.64 bits per heavy atom. The molecule has 1 amide bonds. The Labute approximate surface area is 147 Å². The number of hydrogen-bond donors (Lipinski definition) is 1. The van der Waals surface area contributed by atoms with Gasteiger partial charge in [0.05, 0.1) is 10.8 Å². The summed E-state index contributed by atoms with van der Waals surface area (Å²) in [5.74, 6) is -1.11. The first-order valence-electron chi connectivity index (χ1n) is 7.99. The molecule has 0 aliphatic rings. The van der Waals surface area contributed by atoms with Crippen LogP contribution in [0.25, 0.3) is 10.8 Å². The number of aryl methyl sites for hydroxylation is 1. The molecule has 0 aliphatic carbocycles. The van der Waals surface area contributed by atoms with Crippen LogP contribution in [0.2, 0.25) is 0 Å². The van der Waals surface area contributed by atoms with Gasteiger partial charge in [-0.1, -0.05) is 66.2 Å². The van der Waals surface area contributed by atoms with E-state index < -0.39 is 21.8 Å². The average molecular weight is 353 g/mol. The van der Waals surface area contributed by atoms with Crippen LogP contribution in [0.5, 0.6) is 0 Å². The Morgan fingerprint density at radius 1 is 0.960 bits per heavy atom. The molecule has 0 saturated carbocycles. The quantitative estimate of drug-likeness (QED) is 0.777. The van der Waals surface area contributed by atoms with Gasteiger partial charge in [0.2, 0.25) is 5.91 Å². The van der Waals surface area contributed by atoms with Crippen LogP contribution in [0.3, 0.4) is 0 Å². The van der Waals surface area contributed by atoms with Crippen molar-refractivity contribution in [3.8, 4) is 0 Å². The first-order valence-corrected chi connectivity index (χ1v) is 9.48. The number of carbonyl (C=O) groups excluding carboxylic acids is 1. The van der Waals surface area contributed by atoms with Gasteiger partial charge < -0.3 is 0 Å². The van der Waals surface area contributed by atoms with Gasteiger partial charge in [-0.25, -0.2) is 13.1 Å². The van der Waals surface area contributed by atoms with Gasteiger partial charge in [-0.3, -0.25) is 4.79 Å². The zero-order chi connectivity index (χ0) is 18.0. The monoisotopic (exact) mass is 353 g/mol. The lowest BCUT2D eigenvalue weighted by Gasteiger charge is -2.14. The highest BCUT2D eigenvalue weighted by molar-refractivity contribution is 7.90. The fourth-order valence-corrected chi connectivity index (χ4v) is 4.08. The molecule has 0 saturated heterocycles. The summed E-state index contributed by atoms with van der Waals surface area (Å²) >= 11 is 0. The van der Waals surface area contributed by atoms with Crippen molar-refractivity contribution in [1.29, 1.82) is 0 Å². The number of amides is 1. The molecular formula is C20H19NO3S. The van der Waals surface area contributed by atoms with E-state index in [4.69, 9.17) is 0 Å².